The summed E-state index contributed by atoms with van der Waals surface area (Å²) in [5, 5.41) is 0. The number of nitrogen functional groups attached to an aromatic ring is 1. The van der Waals surface area contributed by atoms with Gasteiger partial charge >= 0.3 is 11.7 Å². The van der Waals surface area contributed by atoms with Crippen molar-refractivity contribution < 1.29 is 19.1 Å². The molecule has 0 fully saturated rings. The van der Waals surface area contributed by atoms with Gasteiger partial charge in [-0.15, -0.1) is 0 Å². The van der Waals surface area contributed by atoms with Crippen LogP contribution in [0.3, 0.4) is 0 Å². The van der Waals surface area contributed by atoms with E-state index >= 15 is 0 Å². The first-order chi connectivity index (χ1) is 14.3. The van der Waals surface area contributed by atoms with E-state index in [0.717, 1.165) is 11.3 Å². The van der Waals surface area contributed by atoms with Crippen molar-refractivity contribution in [2.24, 2.45) is 11.8 Å². The van der Waals surface area contributed by atoms with E-state index in [1.54, 1.807) is 0 Å². The molecule has 0 saturated heterocycles. The van der Waals surface area contributed by atoms with Gasteiger partial charge in [0.05, 0.1) is 12.5 Å². The van der Waals surface area contributed by atoms with E-state index in [1.807, 2.05) is 26.0 Å². The molecule has 0 aliphatic heterocycles. The fraction of sp³-hybridized carbons (Fsp3) is 0.600. The number of aromatic nitrogens is 2. The monoisotopic (exact) mass is 422 g/mol. The SMILES string of the molecule is COCCN(C(=O)COC(=O)[C@H]1CC=CCC1)c1c(N)n(CC(C)C)c(=O)[nH]c1=O. The van der Waals surface area contributed by atoms with Crippen LogP contribution >= 0.6 is 0 Å². The van der Waals surface area contributed by atoms with Gasteiger partial charge in [0.15, 0.2) is 12.3 Å². The first kappa shape index (κ1) is 23.4. The fourth-order valence-corrected chi connectivity index (χ4v) is 3.26. The minimum Gasteiger partial charge on any atom is -0.455 e. The summed E-state index contributed by atoms with van der Waals surface area (Å²) in [4.78, 5) is 53.1. The molecule has 0 aromatic carbocycles. The smallest absolute Gasteiger partial charge is 0.330 e. The molecule has 10 nitrogen and oxygen atoms in total. The summed E-state index contributed by atoms with van der Waals surface area (Å²) in [6.07, 6.45) is 5.96. The average molecular weight is 422 g/mol. The van der Waals surface area contributed by atoms with Crippen molar-refractivity contribution in [3.8, 4) is 0 Å². The summed E-state index contributed by atoms with van der Waals surface area (Å²) in [6, 6.07) is 0. The summed E-state index contributed by atoms with van der Waals surface area (Å²) in [6.45, 7) is 3.65. The van der Waals surface area contributed by atoms with Crippen LogP contribution in [0.2, 0.25) is 0 Å². The van der Waals surface area contributed by atoms with Crippen molar-refractivity contribution in [2.75, 3.05) is 37.5 Å². The van der Waals surface area contributed by atoms with Gasteiger partial charge in [-0.25, -0.2) is 4.79 Å². The van der Waals surface area contributed by atoms with Crippen molar-refractivity contribution in [1.82, 2.24) is 9.55 Å². The number of rotatable bonds is 9. The number of nitrogens with one attached hydrogen (secondary N) is 1. The Morgan fingerprint density at radius 2 is 2.07 bits per heavy atom. The molecule has 0 radical (unpaired) electrons. The van der Waals surface area contributed by atoms with Crippen LogP contribution in [0.5, 0.6) is 0 Å². The molecule has 1 atom stereocenters. The molecule has 1 aromatic heterocycles. The lowest BCUT2D eigenvalue weighted by Crippen LogP contribution is -2.44. The van der Waals surface area contributed by atoms with Crippen LogP contribution in [0.25, 0.3) is 0 Å². The molecule has 3 N–H and O–H groups in total. The molecule has 0 spiro atoms. The van der Waals surface area contributed by atoms with E-state index in [4.69, 9.17) is 15.2 Å². The molecule has 1 amide bonds. The topological polar surface area (TPSA) is 137 Å². The predicted molar refractivity (Wildman–Crippen MR) is 112 cm³/mol. The number of carbonyl (C=O) groups is 2. The van der Waals surface area contributed by atoms with Gasteiger partial charge in [0.25, 0.3) is 11.5 Å². The molecule has 10 heteroatoms. The maximum atomic E-state index is 12.8. The van der Waals surface area contributed by atoms with Crippen LogP contribution in [-0.2, 0) is 25.6 Å². The minimum absolute atomic E-state index is 0.00616. The minimum atomic E-state index is -0.786. The highest BCUT2D eigenvalue weighted by Gasteiger charge is 2.27. The van der Waals surface area contributed by atoms with Crippen LogP contribution in [0.1, 0.15) is 33.1 Å². The lowest BCUT2D eigenvalue weighted by Gasteiger charge is -2.25. The largest absolute Gasteiger partial charge is 0.455 e. The van der Waals surface area contributed by atoms with Crippen LogP contribution in [0.4, 0.5) is 11.5 Å². The van der Waals surface area contributed by atoms with Crippen LogP contribution in [0.15, 0.2) is 21.7 Å². The van der Waals surface area contributed by atoms with Crippen molar-refractivity contribution >= 4 is 23.4 Å². The zero-order chi connectivity index (χ0) is 22.3. The highest BCUT2D eigenvalue weighted by atomic mass is 16.5. The molecule has 0 saturated carbocycles. The number of hydrogen-bond donors (Lipinski definition) is 2. The number of nitrogens with zero attached hydrogens (tertiary/aromatic N) is 2. The van der Waals surface area contributed by atoms with Gasteiger partial charge in [-0.2, -0.15) is 0 Å². The number of amides is 1. The van der Waals surface area contributed by atoms with Gasteiger partial charge in [0.2, 0.25) is 0 Å². The van der Waals surface area contributed by atoms with Gasteiger partial charge in [0, 0.05) is 20.2 Å². The second kappa shape index (κ2) is 10.8. The molecule has 1 aromatic rings. The molecule has 1 aliphatic rings. The van der Waals surface area contributed by atoms with E-state index < -0.39 is 29.7 Å². The summed E-state index contributed by atoms with van der Waals surface area (Å²) in [5.41, 5.74) is 4.52. The van der Waals surface area contributed by atoms with E-state index in [0.29, 0.717) is 12.8 Å². The number of ether oxygens (including phenoxy) is 2. The quantitative estimate of drug-likeness (QED) is 0.440. The molecule has 1 aliphatic carbocycles. The van der Waals surface area contributed by atoms with Crippen LogP contribution in [0, 0.1) is 11.8 Å². The third-order valence-corrected chi connectivity index (χ3v) is 4.79. The molecule has 166 valence electrons. The molecule has 0 bridgehead atoms. The number of hydrogen-bond acceptors (Lipinski definition) is 7. The molecule has 2 rings (SSSR count). The molecular formula is C20H30N4O6. The molecular weight excluding hydrogens is 392 g/mol. The van der Waals surface area contributed by atoms with Crippen molar-refractivity contribution in [1.29, 1.82) is 0 Å². The summed E-state index contributed by atoms with van der Waals surface area (Å²) in [7, 11) is 1.45. The Hall–Kier alpha value is -2.88. The number of H-pyrrole nitrogens is 1. The maximum absolute atomic E-state index is 12.8. The van der Waals surface area contributed by atoms with Gasteiger partial charge < -0.3 is 15.2 Å². The summed E-state index contributed by atoms with van der Waals surface area (Å²) < 4.78 is 11.4. The second-order valence-electron chi connectivity index (χ2n) is 7.62. The third kappa shape index (κ3) is 5.82. The van der Waals surface area contributed by atoms with Crippen molar-refractivity contribution in [2.45, 2.75) is 39.7 Å². The van der Waals surface area contributed by atoms with Gasteiger partial charge in [-0.3, -0.25) is 28.8 Å². The van der Waals surface area contributed by atoms with E-state index in [1.165, 1.54) is 11.7 Å². The van der Waals surface area contributed by atoms with Gasteiger partial charge in [0.1, 0.15) is 5.82 Å². The maximum Gasteiger partial charge on any atom is 0.330 e. The van der Waals surface area contributed by atoms with E-state index in [-0.39, 0.29) is 43.0 Å². The Morgan fingerprint density at radius 1 is 1.33 bits per heavy atom. The number of esters is 1. The first-order valence-corrected chi connectivity index (χ1v) is 9.99. The zero-order valence-electron chi connectivity index (χ0n) is 17.7. The lowest BCUT2D eigenvalue weighted by molar-refractivity contribution is -0.152. The van der Waals surface area contributed by atoms with Crippen LogP contribution < -0.4 is 21.9 Å². The number of aromatic amines is 1. The second-order valence-corrected chi connectivity index (χ2v) is 7.62. The highest BCUT2D eigenvalue weighted by Crippen LogP contribution is 2.20. The predicted octanol–water partition coefficient (Wildman–Crippen LogP) is 0.654. The molecule has 30 heavy (non-hydrogen) atoms. The normalized spacial score (nSPS) is 15.9. The van der Waals surface area contributed by atoms with Crippen LogP contribution in [-0.4, -0.2) is 48.3 Å². The van der Waals surface area contributed by atoms with Gasteiger partial charge in [-0.1, -0.05) is 26.0 Å². The number of allylic oxidation sites excluding steroid dienone is 2. The first-order valence-electron chi connectivity index (χ1n) is 9.99. The number of nitrogens with two attached hydrogens (primary N) is 1. The van der Waals surface area contributed by atoms with Crippen molar-refractivity contribution in [3.05, 3.63) is 33.0 Å². The Morgan fingerprint density at radius 3 is 2.67 bits per heavy atom. The standard InChI is InChI=1S/C20H30N4O6/c1-13(2)11-24-17(21)16(18(26)22-20(24)28)23(9-10-29-3)15(25)12-30-19(27)14-7-5-4-6-8-14/h4-5,13-14H,6-12,21H2,1-3H3,(H,22,26,28)/t14-/m0/s1. The number of carbonyl (C=O) groups excluding carboxylic acids is 2. The average Bonchev–Trinajstić information content (AvgIpc) is 2.71. The van der Waals surface area contributed by atoms with E-state index in [2.05, 4.69) is 4.98 Å². The lowest BCUT2D eigenvalue weighted by atomic mass is 9.95. The summed E-state index contributed by atoms with van der Waals surface area (Å²) >= 11 is 0. The Bertz CT molecular complexity index is 902. The Labute approximate surface area is 174 Å². The molecule has 0 unspecified atom stereocenters. The number of methoxy groups -OCH3 is 1. The van der Waals surface area contributed by atoms with Crippen molar-refractivity contribution in [3.63, 3.8) is 0 Å². The van der Waals surface area contributed by atoms with E-state index in [9.17, 15) is 19.2 Å². The summed E-state index contributed by atoms with van der Waals surface area (Å²) in [5.74, 6) is -1.40. The Balaban J connectivity index is 2.27. The third-order valence-electron chi connectivity index (χ3n) is 4.79. The highest BCUT2D eigenvalue weighted by molar-refractivity contribution is 5.97. The zero-order valence-corrected chi connectivity index (χ0v) is 17.7. The fourth-order valence-electron chi connectivity index (χ4n) is 3.26. The molecule has 1 heterocycles. The number of anilines is 2. The van der Waals surface area contributed by atoms with Gasteiger partial charge in [-0.05, 0) is 25.2 Å². The Kier molecular flexibility index (Phi) is 8.40.